The summed E-state index contributed by atoms with van der Waals surface area (Å²) < 4.78 is 0.851. The van der Waals surface area contributed by atoms with E-state index < -0.39 is 0 Å². The van der Waals surface area contributed by atoms with Crippen molar-refractivity contribution in [3.05, 3.63) is 28.7 Å². The quantitative estimate of drug-likeness (QED) is 0.796. The summed E-state index contributed by atoms with van der Waals surface area (Å²) in [6, 6.07) is 7.30. The maximum Gasteiger partial charge on any atom is 0.242 e. The van der Waals surface area contributed by atoms with Gasteiger partial charge in [0.1, 0.15) is 6.54 Å². The predicted molar refractivity (Wildman–Crippen MR) is 91.0 cm³/mol. The summed E-state index contributed by atoms with van der Waals surface area (Å²) in [5, 5.41) is 0. The molecule has 23 heavy (non-hydrogen) atoms. The minimum atomic E-state index is -0.182. The van der Waals surface area contributed by atoms with Crippen molar-refractivity contribution in [3.63, 3.8) is 0 Å². The predicted octanol–water partition coefficient (Wildman–Crippen LogP) is 1.49. The van der Waals surface area contributed by atoms with Gasteiger partial charge < -0.3 is 14.7 Å². The largest absolute Gasteiger partial charge is 0.339 e. The Morgan fingerprint density at radius 2 is 1.70 bits per heavy atom. The van der Waals surface area contributed by atoms with E-state index in [0.29, 0.717) is 31.9 Å². The standard InChI is InChI=1S/C16H20BrN3O3/c1-12(21)18-6-8-19(9-7-18)16(23)11-20(13(2)22)15-5-3-4-14(17)10-15/h3-5,10H,6-9,11H2,1-2H3. The molecule has 1 aromatic carbocycles. The monoisotopic (exact) mass is 381 g/mol. The molecule has 0 radical (unpaired) electrons. The molecule has 1 heterocycles. The van der Waals surface area contributed by atoms with E-state index in [4.69, 9.17) is 0 Å². The number of carbonyl (C=O) groups excluding carboxylic acids is 3. The van der Waals surface area contributed by atoms with E-state index in [2.05, 4.69) is 15.9 Å². The summed E-state index contributed by atoms with van der Waals surface area (Å²) in [7, 11) is 0. The van der Waals surface area contributed by atoms with Crippen LogP contribution < -0.4 is 4.90 Å². The Labute approximate surface area is 144 Å². The normalized spacial score (nSPS) is 14.6. The van der Waals surface area contributed by atoms with Crippen LogP contribution in [0, 0.1) is 0 Å². The molecule has 0 atom stereocenters. The first-order chi connectivity index (χ1) is 10.9. The van der Waals surface area contributed by atoms with Crippen LogP contribution in [0.15, 0.2) is 28.7 Å². The minimum absolute atomic E-state index is 0.00581. The number of anilines is 1. The van der Waals surface area contributed by atoms with Gasteiger partial charge in [0.15, 0.2) is 0 Å². The van der Waals surface area contributed by atoms with Gasteiger partial charge in [-0.05, 0) is 18.2 Å². The molecule has 124 valence electrons. The van der Waals surface area contributed by atoms with E-state index in [9.17, 15) is 14.4 Å². The van der Waals surface area contributed by atoms with Gasteiger partial charge in [-0.3, -0.25) is 14.4 Å². The number of nitrogens with zero attached hydrogens (tertiary/aromatic N) is 3. The average Bonchev–Trinajstić information content (AvgIpc) is 2.52. The summed E-state index contributed by atoms with van der Waals surface area (Å²) in [5.74, 6) is -0.265. The van der Waals surface area contributed by atoms with E-state index in [1.54, 1.807) is 15.9 Å². The summed E-state index contributed by atoms with van der Waals surface area (Å²) in [4.78, 5) is 40.6. The van der Waals surface area contributed by atoms with Gasteiger partial charge in [-0.15, -0.1) is 0 Å². The second-order valence-corrected chi connectivity index (χ2v) is 6.39. The Balaban J connectivity index is 2.02. The van der Waals surface area contributed by atoms with Crippen LogP contribution in [0.4, 0.5) is 5.69 Å². The highest BCUT2D eigenvalue weighted by Crippen LogP contribution is 2.20. The molecule has 0 spiro atoms. The zero-order valence-electron chi connectivity index (χ0n) is 13.3. The van der Waals surface area contributed by atoms with Crippen molar-refractivity contribution in [2.24, 2.45) is 0 Å². The summed E-state index contributed by atoms with van der Waals surface area (Å²) in [6.45, 7) is 5.07. The molecule has 0 unspecified atom stereocenters. The molecule has 6 nitrogen and oxygen atoms in total. The van der Waals surface area contributed by atoms with Crippen LogP contribution in [-0.4, -0.2) is 60.2 Å². The third kappa shape index (κ3) is 4.54. The van der Waals surface area contributed by atoms with Crippen LogP contribution in [0.25, 0.3) is 0 Å². The van der Waals surface area contributed by atoms with Gasteiger partial charge in [0, 0.05) is 50.2 Å². The summed E-state index contributed by atoms with van der Waals surface area (Å²) >= 11 is 3.37. The summed E-state index contributed by atoms with van der Waals surface area (Å²) in [6.07, 6.45) is 0. The van der Waals surface area contributed by atoms with Gasteiger partial charge in [-0.25, -0.2) is 0 Å². The fourth-order valence-electron chi connectivity index (χ4n) is 2.53. The molecule has 1 fully saturated rings. The number of rotatable bonds is 3. The van der Waals surface area contributed by atoms with Crippen molar-refractivity contribution in [3.8, 4) is 0 Å². The lowest BCUT2D eigenvalue weighted by atomic mass is 10.2. The van der Waals surface area contributed by atoms with E-state index in [1.165, 1.54) is 18.7 Å². The molecule has 3 amide bonds. The van der Waals surface area contributed by atoms with Gasteiger partial charge in [-0.2, -0.15) is 0 Å². The van der Waals surface area contributed by atoms with Crippen LogP contribution in [-0.2, 0) is 14.4 Å². The van der Waals surface area contributed by atoms with Crippen LogP contribution in [0.5, 0.6) is 0 Å². The van der Waals surface area contributed by atoms with Gasteiger partial charge in [-0.1, -0.05) is 22.0 Å². The van der Waals surface area contributed by atoms with E-state index in [1.807, 2.05) is 18.2 Å². The number of halogens is 1. The SMILES string of the molecule is CC(=O)N1CCN(C(=O)CN(C(C)=O)c2cccc(Br)c2)CC1. The fourth-order valence-corrected chi connectivity index (χ4v) is 2.92. The van der Waals surface area contributed by atoms with Crippen LogP contribution in [0.3, 0.4) is 0 Å². The van der Waals surface area contributed by atoms with Crippen molar-refractivity contribution < 1.29 is 14.4 Å². The second-order valence-electron chi connectivity index (χ2n) is 5.47. The van der Waals surface area contributed by atoms with Gasteiger partial charge in [0.25, 0.3) is 0 Å². The van der Waals surface area contributed by atoms with E-state index >= 15 is 0 Å². The highest BCUT2D eigenvalue weighted by Gasteiger charge is 2.25. The Morgan fingerprint density at radius 3 is 2.22 bits per heavy atom. The Hall–Kier alpha value is -1.89. The van der Waals surface area contributed by atoms with Gasteiger partial charge >= 0.3 is 0 Å². The number of hydrogen-bond acceptors (Lipinski definition) is 3. The zero-order valence-corrected chi connectivity index (χ0v) is 14.9. The second kappa shape index (κ2) is 7.59. The number of amides is 3. The number of hydrogen-bond donors (Lipinski definition) is 0. The molecule has 0 bridgehead atoms. The maximum atomic E-state index is 12.5. The smallest absolute Gasteiger partial charge is 0.242 e. The van der Waals surface area contributed by atoms with Crippen molar-refractivity contribution >= 4 is 39.3 Å². The summed E-state index contributed by atoms with van der Waals surface area (Å²) in [5.41, 5.74) is 0.683. The first-order valence-electron chi connectivity index (χ1n) is 7.45. The van der Waals surface area contributed by atoms with E-state index in [-0.39, 0.29) is 24.3 Å². The minimum Gasteiger partial charge on any atom is -0.339 e. The topological polar surface area (TPSA) is 60.9 Å². The molecule has 1 aliphatic heterocycles. The van der Waals surface area contributed by atoms with Crippen LogP contribution in [0.1, 0.15) is 13.8 Å². The lowest BCUT2D eigenvalue weighted by molar-refractivity contribution is -0.137. The first-order valence-corrected chi connectivity index (χ1v) is 8.24. The Bertz CT molecular complexity index is 612. The lowest BCUT2D eigenvalue weighted by Gasteiger charge is -2.35. The molecule has 2 rings (SSSR count). The highest BCUT2D eigenvalue weighted by molar-refractivity contribution is 9.10. The molecule has 0 aliphatic carbocycles. The fraction of sp³-hybridized carbons (Fsp3) is 0.438. The third-order valence-electron chi connectivity index (χ3n) is 3.87. The van der Waals surface area contributed by atoms with Gasteiger partial charge in [0.05, 0.1) is 0 Å². The number of carbonyl (C=O) groups is 3. The van der Waals surface area contributed by atoms with E-state index in [0.717, 1.165) is 4.47 Å². The van der Waals surface area contributed by atoms with Crippen LogP contribution in [0.2, 0.25) is 0 Å². The Kier molecular flexibility index (Phi) is 5.76. The molecule has 0 saturated carbocycles. The van der Waals surface area contributed by atoms with Crippen molar-refractivity contribution in [1.82, 2.24) is 9.80 Å². The lowest BCUT2D eigenvalue weighted by Crippen LogP contribution is -2.52. The third-order valence-corrected chi connectivity index (χ3v) is 4.36. The molecular formula is C16H20BrN3O3. The molecular weight excluding hydrogens is 362 g/mol. The molecule has 1 saturated heterocycles. The zero-order chi connectivity index (χ0) is 17.0. The molecule has 1 aromatic rings. The average molecular weight is 382 g/mol. The Morgan fingerprint density at radius 1 is 1.09 bits per heavy atom. The van der Waals surface area contributed by atoms with Crippen molar-refractivity contribution in [2.75, 3.05) is 37.6 Å². The number of benzene rings is 1. The van der Waals surface area contributed by atoms with Gasteiger partial charge in [0.2, 0.25) is 17.7 Å². The number of piperazine rings is 1. The molecule has 0 N–H and O–H groups in total. The maximum absolute atomic E-state index is 12.5. The molecule has 7 heteroatoms. The van der Waals surface area contributed by atoms with Crippen LogP contribution >= 0.6 is 15.9 Å². The van der Waals surface area contributed by atoms with Crippen molar-refractivity contribution in [2.45, 2.75) is 13.8 Å². The first kappa shape index (κ1) is 17.5. The highest BCUT2D eigenvalue weighted by atomic mass is 79.9. The molecule has 0 aromatic heterocycles. The molecule has 1 aliphatic rings. The van der Waals surface area contributed by atoms with Crippen molar-refractivity contribution in [1.29, 1.82) is 0 Å².